The van der Waals surface area contributed by atoms with E-state index in [0.717, 1.165) is 0 Å². The van der Waals surface area contributed by atoms with Gasteiger partial charge in [0.05, 0.1) is 19.7 Å². The minimum absolute atomic E-state index is 0.102. The van der Waals surface area contributed by atoms with Gasteiger partial charge in [-0.15, -0.1) is 0 Å². The molecule has 1 N–H and O–H groups in total. The molecule has 0 radical (unpaired) electrons. The lowest BCUT2D eigenvalue weighted by Gasteiger charge is -2.00. The van der Waals surface area contributed by atoms with E-state index in [9.17, 15) is 9.59 Å². The maximum atomic E-state index is 11.4. The van der Waals surface area contributed by atoms with Gasteiger partial charge in [-0.3, -0.25) is 9.48 Å². The van der Waals surface area contributed by atoms with Crippen molar-refractivity contribution in [1.29, 1.82) is 0 Å². The van der Waals surface area contributed by atoms with Gasteiger partial charge < -0.3 is 9.84 Å². The van der Waals surface area contributed by atoms with Gasteiger partial charge in [-0.1, -0.05) is 12.2 Å². The Balaban J connectivity index is 2.92. The van der Waals surface area contributed by atoms with Gasteiger partial charge in [0.25, 0.3) is 0 Å². The third-order valence-electron chi connectivity index (χ3n) is 1.94. The van der Waals surface area contributed by atoms with E-state index in [4.69, 9.17) is 5.11 Å². The molecule has 0 aliphatic carbocycles. The summed E-state index contributed by atoms with van der Waals surface area (Å²) in [6.07, 6.45) is 4.36. The highest BCUT2D eigenvalue weighted by Gasteiger charge is 2.15. The molecule has 0 saturated carbocycles. The molecule has 1 heterocycles. The topological polar surface area (TPSA) is 81.4 Å². The van der Waals surface area contributed by atoms with Crippen molar-refractivity contribution in [3.05, 3.63) is 23.5 Å². The summed E-state index contributed by atoms with van der Waals surface area (Å²) in [4.78, 5) is 21.7. The highest BCUT2D eigenvalue weighted by Crippen LogP contribution is 2.11. The molecule has 1 aromatic rings. The van der Waals surface area contributed by atoms with Gasteiger partial charge in [0.2, 0.25) is 0 Å². The predicted octanol–water partition coefficient (Wildman–Crippen LogP) is 0.695. The molecule has 0 fully saturated rings. The SMILES string of the molecule is COC(=O)c1c(C=CCC(=O)O)cnn1C. The van der Waals surface area contributed by atoms with E-state index in [-0.39, 0.29) is 6.42 Å². The number of methoxy groups -OCH3 is 1. The Hall–Kier alpha value is -2.11. The van der Waals surface area contributed by atoms with E-state index >= 15 is 0 Å². The quantitative estimate of drug-likeness (QED) is 0.761. The zero-order valence-electron chi connectivity index (χ0n) is 9.01. The molecule has 86 valence electrons. The Morgan fingerprint density at radius 2 is 2.31 bits per heavy atom. The highest BCUT2D eigenvalue weighted by atomic mass is 16.5. The normalized spacial score (nSPS) is 10.6. The average molecular weight is 224 g/mol. The molecule has 16 heavy (non-hydrogen) atoms. The number of ether oxygens (including phenoxy) is 1. The summed E-state index contributed by atoms with van der Waals surface area (Å²) in [5, 5.41) is 12.4. The van der Waals surface area contributed by atoms with Crippen molar-refractivity contribution in [2.45, 2.75) is 6.42 Å². The molecule has 6 nitrogen and oxygen atoms in total. The van der Waals surface area contributed by atoms with Gasteiger partial charge in [0.15, 0.2) is 5.69 Å². The Morgan fingerprint density at radius 3 is 2.88 bits per heavy atom. The molecule has 0 saturated heterocycles. The smallest absolute Gasteiger partial charge is 0.356 e. The van der Waals surface area contributed by atoms with Gasteiger partial charge in [-0.05, 0) is 0 Å². The van der Waals surface area contributed by atoms with E-state index in [0.29, 0.717) is 11.3 Å². The van der Waals surface area contributed by atoms with Gasteiger partial charge in [-0.2, -0.15) is 5.10 Å². The summed E-state index contributed by atoms with van der Waals surface area (Å²) in [6, 6.07) is 0. The molecule has 0 aliphatic heterocycles. The zero-order valence-corrected chi connectivity index (χ0v) is 9.01. The molecule has 6 heteroatoms. The number of nitrogens with zero attached hydrogens (tertiary/aromatic N) is 2. The lowest BCUT2D eigenvalue weighted by Crippen LogP contribution is -2.09. The van der Waals surface area contributed by atoms with Crippen LogP contribution in [0.3, 0.4) is 0 Å². The van der Waals surface area contributed by atoms with E-state index in [1.165, 1.54) is 30.1 Å². The van der Waals surface area contributed by atoms with Crippen LogP contribution in [0.2, 0.25) is 0 Å². The number of hydrogen-bond donors (Lipinski definition) is 1. The molecule has 0 aliphatic rings. The average Bonchev–Trinajstić information content (AvgIpc) is 2.58. The molecule has 1 aromatic heterocycles. The van der Waals surface area contributed by atoms with E-state index < -0.39 is 11.9 Å². The molecule has 0 amide bonds. The lowest BCUT2D eigenvalue weighted by atomic mass is 10.2. The molecule has 0 aromatic carbocycles. The Kier molecular flexibility index (Phi) is 3.82. The Morgan fingerprint density at radius 1 is 1.62 bits per heavy atom. The second-order valence-corrected chi connectivity index (χ2v) is 3.06. The fourth-order valence-corrected chi connectivity index (χ4v) is 1.21. The number of aryl methyl sites for hydroxylation is 1. The third-order valence-corrected chi connectivity index (χ3v) is 1.94. The number of aliphatic carboxylic acids is 1. The predicted molar refractivity (Wildman–Crippen MR) is 55.8 cm³/mol. The van der Waals surface area contributed by atoms with Crippen LogP contribution >= 0.6 is 0 Å². The Bertz CT molecular complexity index is 434. The lowest BCUT2D eigenvalue weighted by molar-refractivity contribution is -0.135. The summed E-state index contributed by atoms with van der Waals surface area (Å²) in [6.45, 7) is 0. The summed E-state index contributed by atoms with van der Waals surface area (Å²) in [5.74, 6) is -1.44. The van der Waals surface area contributed by atoms with E-state index in [2.05, 4.69) is 9.84 Å². The standard InChI is InChI=1S/C10H12N2O4/c1-12-9(10(15)16-2)7(6-11-12)4-3-5-8(13)14/h3-4,6H,5H2,1-2H3,(H,13,14). The first kappa shape index (κ1) is 12.0. The van der Waals surface area contributed by atoms with E-state index in [1.54, 1.807) is 7.05 Å². The van der Waals surface area contributed by atoms with Gasteiger partial charge >= 0.3 is 11.9 Å². The van der Waals surface area contributed by atoms with Crippen molar-refractivity contribution in [2.24, 2.45) is 7.05 Å². The van der Waals surface area contributed by atoms with Crippen molar-refractivity contribution in [3.63, 3.8) is 0 Å². The molecule has 0 unspecified atom stereocenters. The fraction of sp³-hybridized carbons (Fsp3) is 0.300. The van der Waals surface area contributed by atoms with E-state index in [1.807, 2.05) is 0 Å². The number of carbonyl (C=O) groups excluding carboxylic acids is 1. The van der Waals surface area contributed by atoms with Gasteiger partial charge in [0, 0.05) is 12.6 Å². The molecule has 0 spiro atoms. The maximum absolute atomic E-state index is 11.4. The molecule has 1 rings (SSSR count). The first-order valence-electron chi connectivity index (χ1n) is 4.55. The van der Waals surface area contributed by atoms with Crippen molar-refractivity contribution in [3.8, 4) is 0 Å². The molecular formula is C10H12N2O4. The zero-order chi connectivity index (χ0) is 12.1. The van der Waals surface area contributed by atoms with Crippen LogP contribution in [0.15, 0.2) is 12.3 Å². The molecule has 0 atom stereocenters. The number of carboxylic acid groups (broad SMARTS) is 1. The highest BCUT2D eigenvalue weighted by molar-refractivity contribution is 5.91. The number of hydrogen-bond acceptors (Lipinski definition) is 4. The summed E-state index contributed by atoms with van der Waals surface area (Å²) in [7, 11) is 2.89. The molecular weight excluding hydrogens is 212 g/mol. The molecule has 0 bridgehead atoms. The number of carboxylic acids is 1. The number of aromatic nitrogens is 2. The van der Waals surface area contributed by atoms with Crippen LogP contribution in [0.1, 0.15) is 22.5 Å². The first-order valence-corrected chi connectivity index (χ1v) is 4.55. The van der Waals surface area contributed by atoms with Gasteiger partial charge in [0.1, 0.15) is 0 Å². The van der Waals surface area contributed by atoms with Crippen LogP contribution in [-0.2, 0) is 16.6 Å². The van der Waals surface area contributed by atoms with Crippen molar-refractivity contribution < 1.29 is 19.4 Å². The van der Waals surface area contributed by atoms with Crippen LogP contribution in [0.4, 0.5) is 0 Å². The largest absolute Gasteiger partial charge is 0.481 e. The second-order valence-electron chi connectivity index (χ2n) is 3.06. The summed E-state index contributed by atoms with van der Waals surface area (Å²) >= 11 is 0. The maximum Gasteiger partial charge on any atom is 0.356 e. The second kappa shape index (κ2) is 5.11. The van der Waals surface area contributed by atoms with Crippen LogP contribution in [0, 0.1) is 0 Å². The van der Waals surface area contributed by atoms with Gasteiger partial charge in [-0.25, -0.2) is 4.79 Å². The van der Waals surface area contributed by atoms with Crippen LogP contribution in [-0.4, -0.2) is 33.9 Å². The van der Waals surface area contributed by atoms with Crippen molar-refractivity contribution in [2.75, 3.05) is 7.11 Å². The summed E-state index contributed by atoms with van der Waals surface area (Å²) in [5.41, 5.74) is 0.833. The number of esters is 1. The van der Waals surface area contributed by atoms with Crippen LogP contribution in [0.5, 0.6) is 0 Å². The summed E-state index contributed by atoms with van der Waals surface area (Å²) < 4.78 is 5.97. The fourth-order valence-electron chi connectivity index (χ4n) is 1.21. The monoisotopic (exact) mass is 224 g/mol. The number of rotatable bonds is 4. The van der Waals surface area contributed by atoms with Crippen LogP contribution in [0.25, 0.3) is 6.08 Å². The number of carbonyl (C=O) groups is 2. The minimum Gasteiger partial charge on any atom is -0.481 e. The van der Waals surface area contributed by atoms with Crippen LogP contribution < -0.4 is 0 Å². The third kappa shape index (κ3) is 2.69. The minimum atomic E-state index is -0.931. The van der Waals surface area contributed by atoms with Crippen molar-refractivity contribution >= 4 is 18.0 Å². The van der Waals surface area contributed by atoms with Crippen molar-refractivity contribution in [1.82, 2.24) is 9.78 Å². The first-order chi connectivity index (χ1) is 7.56. The Labute approximate surface area is 92.1 Å².